The second-order valence-corrected chi connectivity index (χ2v) is 5.97. The van der Waals surface area contributed by atoms with Crippen LogP contribution in [0.3, 0.4) is 0 Å². The molecule has 0 atom stereocenters. The van der Waals surface area contributed by atoms with Crippen molar-refractivity contribution in [2.75, 3.05) is 44.7 Å². The van der Waals surface area contributed by atoms with Gasteiger partial charge in [0.25, 0.3) is 5.91 Å². The van der Waals surface area contributed by atoms with Gasteiger partial charge >= 0.3 is 0 Å². The Morgan fingerprint density at radius 3 is 2.57 bits per heavy atom. The van der Waals surface area contributed by atoms with Crippen LogP contribution in [0.2, 0.25) is 0 Å². The van der Waals surface area contributed by atoms with E-state index in [2.05, 4.69) is 16.8 Å². The highest BCUT2D eigenvalue weighted by atomic mass is 16.2. The summed E-state index contributed by atoms with van der Waals surface area (Å²) in [6, 6.07) is 3.78. The average Bonchev–Trinajstić information content (AvgIpc) is 2.59. The normalized spacial score (nSPS) is 14.7. The maximum atomic E-state index is 12.4. The summed E-state index contributed by atoms with van der Waals surface area (Å²) in [5.41, 5.74) is 1.48. The summed E-state index contributed by atoms with van der Waals surface area (Å²) >= 11 is 0. The number of pyridine rings is 1. The van der Waals surface area contributed by atoms with Gasteiger partial charge in [0.2, 0.25) is 5.91 Å². The van der Waals surface area contributed by atoms with Gasteiger partial charge in [-0.3, -0.25) is 14.6 Å². The standard InChI is InChI=1S/C17H26N4O2/c1-4-5-8-19(3)17(23)16-13-15(6-7-18-16)21-11-9-20(10-12-21)14(2)22/h6-7,13H,4-5,8-12H2,1-3H3. The summed E-state index contributed by atoms with van der Waals surface area (Å²) < 4.78 is 0. The van der Waals surface area contributed by atoms with Crippen LogP contribution in [-0.2, 0) is 4.79 Å². The Balaban J connectivity index is 2.03. The topological polar surface area (TPSA) is 56.8 Å². The molecule has 2 amide bonds. The Kier molecular flexibility index (Phi) is 5.96. The fourth-order valence-corrected chi connectivity index (χ4v) is 2.70. The molecule has 1 aliphatic heterocycles. The summed E-state index contributed by atoms with van der Waals surface area (Å²) in [6.45, 7) is 7.46. The lowest BCUT2D eigenvalue weighted by Crippen LogP contribution is -2.48. The van der Waals surface area contributed by atoms with Crippen LogP contribution in [0.25, 0.3) is 0 Å². The largest absolute Gasteiger partial charge is 0.368 e. The fourth-order valence-electron chi connectivity index (χ4n) is 2.70. The van der Waals surface area contributed by atoms with Crippen LogP contribution in [-0.4, -0.2) is 66.4 Å². The lowest BCUT2D eigenvalue weighted by Gasteiger charge is -2.35. The Hall–Kier alpha value is -2.11. The summed E-state index contributed by atoms with van der Waals surface area (Å²) in [5.74, 6) is 0.0791. The van der Waals surface area contributed by atoms with Gasteiger partial charge in [0.1, 0.15) is 5.69 Å². The van der Waals surface area contributed by atoms with Crippen molar-refractivity contribution < 1.29 is 9.59 Å². The van der Waals surface area contributed by atoms with E-state index in [4.69, 9.17) is 0 Å². The molecule has 0 spiro atoms. The smallest absolute Gasteiger partial charge is 0.272 e. The van der Waals surface area contributed by atoms with Crippen LogP contribution in [0.1, 0.15) is 37.2 Å². The van der Waals surface area contributed by atoms with Gasteiger partial charge in [-0.2, -0.15) is 0 Å². The molecular formula is C17H26N4O2. The van der Waals surface area contributed by atoms with E-state index in [0.717, 1.165) is 51.3 Å². The van der Waals surface area contributed by atoms with Crippen LogP contribution < -0.4 is 4.90 Å². The van der Waals surface area contributed by atoms with Crippen molar-refractivity contribution in [1.82, 2.24) is 14.8 Å². The van der Waals surface area contributed by atoms with Crippen molar-refractivity contribution >= 4 is 17.5 Å². The minimum atomic E-state index is -0.0392. The molecule has 0 aliphatic carbocycles. The van der Waals surface area contributed by atoms with Crippen molar-refractivity contribution in [3.05, 3.63) is 24.0 Å². The summed E-state index contributed by atoms with van der Waals surface area (Å²) in [4.78, 5) is 33.8. The van der Waals surface area contributed by atoms with Crippen molar-refractivity contribution in [2.24, 2.45) is 0 Å². The Morgan fingerprint density at radius 1 is 1.26 bits per heavy atom. The number of hydrogen-bond donors (Lipinski definition) is 0. The van der Waals surface area contributed by atoms with E-state index in [1.165, 1.54) is 0 Å². The molecule has 23 heavy (non-hydrogen) atoms. The zero-order valence-electron chi connectivity index (χ0n) is 14.3. The molecule has 1 aromatic heterocycles. The second kappa shape index (κ2) is 7.94. The molecule has 0 unspecified atom stereocenters. The number of piperazine rings is 1. The third-order valence-corrected chi connectivity index (χ3v) is 4.25. The number of carbonyl (C=O) groups is 2. The monoisotopic (exact) mass is 318 g/mol. The van der Waals surface area contributed by atoms with Gasteiger partial charge < -0.3 is 14.7 Å². The number of carbonyl (C=O) groups excluding carboxylic acids is 2. The molecule has 1 saturated heterocycles. The van der Waals surface area contributed by atoms with E-state index in [-0.39, 0.29) is 11.8 Å². The zero-order chi connectivity index (χ0) is 16.8. The number of rotatable bonds is 5. The van der Waals surface area contributed by atoms with Gasteiger partial charge in [0, 0.05) is 58.6 Å². The second-order valence-electron chi connectivity index (χ2n) is 5.97. The quantitative estimate of drug-likeness (QED) is 0.828. The zero-order valence-corrected chi connectivity index (χ0v) is 14.3. The molecular weight excluding hydrogens is 292 g/mol. The number of hydrogen-bond acceptors (Lipinski definition) is 4. The first-order valence-corrected chi connectivity index (χ1v) is 8.25. The predicted molar refractivity (Wildman–Crippen MR) is 90.6 cm³/mol. The van der Waals surface area contributed by atoms with Crippen LogP contribution in [0.5, 0.6) is 0 Å². The van der Waals surface area contributed by atoms with E-state index >= 15 is 0 Å². The van der Waals surface area contributed by atoms with Crippen molar-refractivity contribution in [2.45, 2.75) is 26.7 Å². The maximum absolute atomic E-state index is 12.4. The first-order valence-electron chi connectivity index (χ1n) is 8.25. The molecule has 1 aromatic rings. The summed E-state index contributed by atoms with van der Waals surface area (Å²) in [6.07, 6.45) is 3.74. The molecule has 126 valence electrons. The molecule has 0 bridgehead atoms. The maximum Gasteiger partial charge on any atom is 0.272 e. The third kappa shape index (κ3) is 4.43. The van der Waals surface area contributed by atoms with Crippen LogP contribution in [0.15, 0.2) is 18.3 Å². The number of unbranched alkanes of at least 4 members (excludes halogenated alkanes) is 1. The molecule has 0 saturated carbocycles. The minimum Gasteiger partial charge on any atom is -0.368 e. The number of anilines is 1. The van der Waals surface area contributed by atoms with Gasteiger partial charge in [0.15, 0.2) is 0 Å². The van der Waals surface area contributed by atoms with Crippen LogP contribution in [0.4, 0.5) is 5.69 Å². The highest BCUT2D eigenvalue weighted by Gasteiger charge is 2.20. The number of amides is 2. The SMILES string of the molecule is CCCCN(C)C(=O)c1cc(N2CCN(C(C)=O)CC2)ccn1. The number of nitrogens with zero attached hydrogens (tertiary/aromatic N) is 4. The first-order chi connectivity index (χ1) is 11.0. The molecule has 2 heterocycles. The Bertz CT molecular complexity index is 553. The minimum absolute atomic E-state index is 0.0392. The molecule has 6 heteroatoms. The lowest BCUT2D eigenvalue weighted by molar-refractivity contribution is -0.129. The van der Waals surface area contributed by atoms with Crippen LogP contribution >= 0.6 is 0 Å². The molecule has 0 radical (unpaired) electrons. The molecule has 0 N–H and O–H groups in total. The Morgan fingerprint density at radius 2 is 1.96 bits per heavy atom. The molecule has 6 nitrogen and oxygen atoms in total. The lowest BCUT2D eigenvalue weighted by atomic mass is 10.2. The fraction of sp³-hybridized carbons (Fsp3) is 0.588. The number of aromatic nitrogens is 1. The van der Waals surface area contributed by atoms with E-state index < -0.39 is 0 Å². The average molecular weight is 318 g/mol. The van der Waals surface area contributed by atoms with Gasteiger partial charge in [0.05, 0.1) is 0 Å². The van der Waals surface area contributed by atoms with Crippen molar-refractivity contribution in [1.29, 1.82) is 0 Å². The van der Waals surface area contributed by atoms with Gasteiger partial charge in [-0.1, -0.05) is 13.3 Å². The first kappa shape index (κ1) is 17.2. The van der Waals surface area contributed by atoms with E-state index in [0.29, 0.717) is 5.69 Å². The van der Waals surface area contributed by atoms with Crippen molar-refractivity contribution in [3.8, 4) is 0 Å². The summed E-state index contributed by atoms with van der Waals surface area (Å²) in [5, 5.41) is 0. The van der Waals surface area contributed by atoms with E-state index in [9.17, 15) is 9.59 Å². The molecule has 2 rings (SSSR count). The van der Waals surface area contributed by atoms with E-state index in [1.54, 1.807) is 18.0 Å². The van der Waals surface area contributed by atoms with Gasteiger partial charge in [-0.25, -0.2) is 0 Å². The van der Waals surface area contributed by atoms with Gasteiger partial charge in [-0.05, 0) is 18.6 Å². The molecule has 1 aliphatic rings. The highest BCUT2D eigenvalue weighted by molar-refractivity contribution is 5.93. The third-order valence-electron chi connectivity index (χ3n) is 4.25. The van der Waals surface area contributed by atoms with E-state index in [1.807, 2.05) is 24.1 Å². The van der Waals surface area contributed by atoms with Gasteiger partial charge in [-0.15, -0.1) is 0 Å². The highest BCUT2D eigenvalue weighted by Crippen LogP contribution is 2.17. The van der Waals surface area contributed by atoms with Crippen LogP contribution in [0, 0.1) is 0 Å². The molecule has 1 fully saturated rings. The molecule has 0 aromatic carbocycles. The summed E-state index contributed by atoms with van der Waals surface area (Å²) in [7, 11) is 1.82. The van der Waals surface area contributed by atoms with Crippen molar-refractivity contribution in [3.63, 3.8) is 0 Å². The predicted octanol–water partition coefficient (Wildman–Crippen LogP) is 1.62. The Labute approximate surface area is 138 Å².